The van der Waals surface area contributed by atoms with E-state index >= 15 is 0 Å². The number of nitrogens with zero attached hydrogens (tertiary/aromatic N) is 1. The molecule has 0 atom stereocenters. The van der Waals surface area contributed by atoms with Crippen LogP contribution in [-0.4, -0.2) is 22.8 Å². The Labute approximate surface area is 191 Å². The molecule has 32 heavy (non-hydrogen) atoms. The number of carbonyl (C=O) groups is 3. The van der Waals surface area contributed by atoms with Gasteiger partial charge in [-0.2, -0.15) is 0 Å². The van der Waals surface area contributed by atoms with Gasteiger partial charge in [-0.1, -0.05) is 24.3 Å². The van der Waals surface area contributed by atoms with Crippen LogP contribution in [0.3, 0.4) is 0 Å². The van der Waals surface area contributed by atoms with E-state index < -0.39 is 11.9 Å². The molecule has 4 aromatic rings. The van der Waals surface area contributed by atoms with Crippen molar-refractivity contribution in [2.24, 2.45) is 5.73 Å². The number of para-hydroxylation sites is 1. The summed E-state index contributed by atoms with van der Waals surface area (Å²) < 4.78 is 0. The molecule has 7 nitrogen and oxygen atoms in total. The van der Waals surface area contributed by atoms with Crippen molar-refractivity contribution in [3.05, 3.63) is 69.4 Å². The van der Waals surface area contributed by atoms with Crippen LogP contribution in [0.2, 0.25) is 0 Å². The van der Waals surface area contributed by atoms with Gasteiger partial charge in [0.25, 0.3) is 11.8 Å². The van der Waals surface area contributed by atoms with E-state index in [0.29, 0.717) is 27.3 Å². The Kier molecular flexibility index (Phi) is 5.20. The van der Waals surface area contributed by atoms with E-state index in [4.69, 9.17) is 10.7 Å². The highest BCUT2D eigenvalue weighted by Crippen LogP contribution is 2.39. The van der Waals surface area contributed by atoms with Crippen molar-refractivity contribution in [2.75, 3.05) is 5.32 Å². The van der Waals surface area contributed by atoms with Gasteiger partial charge in [0, 0.05) is 10.3 Å². The molecule has 0 saturated carbocycles. The lowest BCUT2D eigenvalue weighted by atomic mass is 10.1. The van der Waals surface area contributed by atoms with Crippen LogP contribution in [-0.2, 0) is 12.8 Å². The number of anilines is 1. The van der Waals surface area contributed by atoms with Crippen molar-refractivity contribution >= 4 is 56.4 Å². The van der Waals surface area contributed by atoms with Crippen molar-refractivity contribution < 1.29 is 14.4 Å². The Morgan fingerprint density at radius 2 is 1.88 bits per heavy atom. The van der Waals surface area contributed by atoms with E-state index in [1.54, 1.807) is 17.4 Å². The highest BCUT2D eigenvalue weighted by atomic mass is 32.1. The Bertz CT molecular complexity index is 1380. The minimum atomic E-state index is -0.925. The Hall–Kier alpha value is -3.56. The molecule has 1 aliphatic carbocycles. The predicted molar refractivity (Wildman–Crippen MR) is 126 cm³/mol. The van der Waals surface area contributed by atoms with Gasteiger partial charge in [0.1, 0.15) is 5.00 Å². The fourth-order valence-corrected chi connectivity index (χ4v) is 5.96. The van der Waals surface area contributed by atoms with Crippen LogP contribution < -0.4 is 16.4 Å². The Morgan fingerprint density at radius 1 is 1.03 bits per heavy atom. The molecule has 9 heteroatoms. The monoisotopic (exact) mass is 462 g/mol. The minimum absolute atomic E-state index is 0.325. The number of aryl methyl sites for hydroxylation is 1. The van der Waals surface area contributed by atoms with E-state index in [2.05, 4.69) is 10.6 Å². The van der Waals surface area contributed by atoms with Gasteiger partial charge in [-0.05, 0) is 48.4 Å². The average molecular weight is 463 g/mol. The second kappa shape index (κ2) is 8.18. The molecule has 0 saturated heterocycles. The van der Waals surface area contributed by atoms with Gasteiger partial charge in [0.05, 0.1) is 27.2 Å². The number of fused-ring (bicyclic) bond motifs is 2. The molecule has 1 aromatic carbocycles. The zero-order valence-electron chi connectivity index (χ0n) is 16.8. The van der Waals surface area contributed by atoms with Crippen LogP contribution in [0, 0.1) is 0 Å². The summed E-state index contributed by atoms with van der Waals surface area (Å²) in [7, 11) is 0. The molecule has 0 fully saturated rings. The standard InChI is InChI=1S/C23H18N4O3S2/c24-23(30)27-21(29)19-13-6-3-8-17(13)32-22(19)26-20(28)14-11-16(18-9-4-10-31-18)25-15-7-2-1-5-12(14)15/h1-2,4-5,7,9-11H,3,6,8H2,(H,26,28)(H3,24,27,29,30). The fourth-order valence-electron chi connectivity index (χ4n) is 3.99. The predicted octanol–water partition coefficient (Wildman–Crippen LogP) is 4.57. The molecule has 5 rings (SSSR count). The summed E-state index contributed by atoms with van der Waals surface area (Å²) in [6.45, 7) is 0. The van der Waals surface area contributed by atoms with E-state index in [-0.39, 0.29) is 5.91 Å². The van der Waals surface area contributed by atoms with Crippen LogP contribution >= 0.6 is 22.7 Å². The molecular formula is C23H18N4O3S2. The summed E-state index contributed by atoms with van der Waals surface area (Å²) in [4.78, 5) is 44.1. The van der Waals surface area contributed by atoms with Crippen LogP contribution in [0.4, 0.5) is 9.80 Å². The number of thiophene rings is 2. The first-order valence-electron chi connectivity index (χ1n) is 10.0. The highest BCUT2D eigenvalue weighted by Gasteiger charge is 2.28. The maximum atomic E-state index is 13.4. The molecule has 0 radical (unpaired) electrons. The van der Waals surface area contributed by atoms with Gasteiger partial charge in [-0.3, -0.25) is 14.9 Å². The smallest absolute Gasteiger partial charge is 0.319 e. The quantitative estimate of drug-likeness (QED) is 0.412. The first-order valence-corrected chi connectivity index (χ1v) is 11.7. The molecule has 0 spiro atoms. The lowest BCUT2D eigenvalue weighted by Gasteiger charge is -2.11. The van der Waals surface area contributed by atoms with E-state index in [9.17, 15) is 14.4 Å². The maximum Gasteiger partial charge on any atom is 0.319 e. The van der Waals surface area contributed by atoms with Crippen molar-refractivity contribution in [1.82, 2.24) is 10.3 Å². The van der Waals surface area contributed by atoms with Crippen molar-refractivity contribution in [1.29, 1.82) is 0 Å². The third kappa shape index (κ3) is 3.65. The Morgan fingerprint density at radius 3 is 2.66 bits per heavy atom. The number of hydrogen-bond acceptors (Lipinski definition) is 6. The third-order valence-electron chi connectivity index (χ3n) is 5.35. The number of nitrogens with one attached hydrogen (secondary N) is 2. The molecule has 0 bridgehead atoms. The second-order valence-electron chi connectivity index (χ2n) is 7.38. The largest absolute Gasteiger partial charge is 0.351 e. The third-order valence-corrected chi connectivity index (χ3v) is 7.45. The lowest BCUT2D eigenvalue weighted by molar-refractivity contribution is 0.0966. The van der Waals surface area contributed by atoms with E-state index in [1.165, 1.54) is 11.3 Å². The fraction of sp³-hybridized carbons (Fsp3) is 0.130. The molecule has 160 valence electrons. The molecule has 0 unspecified atom stereocenters. The molecule has 3 aromatic heterocycles. The summed E-state index contributed by atoms with van der Waals surface area (Å²) >= 11 is 2.92. The first kappa shape index (κ1) is 20.3. The topological polar surface area (TPSA) is 114 Å². The number of pyridine rings is 1. The van der Waals surface area contributed by atoms with Crippen LogP contribution in [0.15, 0.2) is 47.8 Å². The zero-order valence-corrected chi connectivity index (χ0v) is 18.4. The van der Waals surface area contributed by atoms with Crippen LogP contribution in [0.1, 0.15) is 37.6 Å². The van der Waals surface area contributed by atoms with E-state index in [1.807, 2.05) is 41.8 Å². The molecule has 4 amide bonds. The number of amides is 4. The number of nitrogens with two attached hydrogens (primary N) is 1. The highest BCUT2D eigenvalue weighted by molar-refractivity contribution is 7.17. The van der Waals surface area contributed by atoms with Gasteiger partial charge in [0.15, 0.2) is 0 Å². The molecule has 4 N–H and O–H groups in total. The first-order chi connectivity index (χ1) is 15.5. The second-order valence-corrected chi connectivity index (χ2v) is 9.44. The number of hydrogen-bond donors (Lipinski definition) is 3. The summed E-state index contributed by atoms with van der Waals surface area (Å²) in [6, 6.07) is 12.2. The minimum Gasteiger partial charge on any atom is -0.351 e. The van der Waals surface area contributed by atoms with Gasteiger partial charge in [-0.25, -0.2) is 9.78 Å². The zero-order chi connectivity index (χ0) is 22.2. The van der Waals surface area contributed by atoms with Gasteiger partial charge in [0.2, 0.25) is 0 Å². The number of rotatable bonds is 4. The summed E-state index contributed by atoms with van der Waals surface area (Å²) in [6.07, 6.45) is 2.50. The van der Waals surface area contributed by atoms with Gasteiger partial charge >= 0.3 is 6.03 Å². The van der Waals surface area contributed by atoms with Crippen molar-refractivity contribution in [3.63, 3.8) is 0 Å². The number of primary amides is 1. The van der Waals surface area contributed by atoms with Crippen LogP contribution in [0.5, 0.6) is 0 Å². The van der Waals surface area contributed by atoms with Crippen LogP contribution in [0.25, 0.3) is 21.5 Å². The SMILES string of the molecule is NC(=O)NC(=O)c1c(NC(=O)c2cc(-c3cccs3)nc3ccccc23)sc2c1CCC2. The van der Waals surface area contributed by atoms with Crippen molar-refractivity contribution in [3.8, 4) is 10.6 Å². The van der Waals surface area contributed by atoms with E-state index in [0.717, 1.165) is 40.0 Å². The summed E-state index contributed by atoms with van der Waals surface area (Å²) in [5.74, 6) is -0.930. The number of carbonyl (C=O) groups excluding carboxylic acids is 3. The number of urea groups is 1. The average Bonchev–Trinajstić information content (AvgIpc) is 3.50. The summed E-state index contributed by atoms with van der Waals surface area (Å²) in [5, 5.41) is 8.16. The number of aromatic nitrogens is 1. The summed E-state index contributed by atoms with van der Waals surface area (Å²) in [5.41, 5.74) is 8.25. The number of imide groups is 1. The Balaban J connectivity index is 1.57. The molecule has 1 aliphatic rings. The van der Waals surface area contributed by atoms with Gasteiger partial charge in [-0.15, -0.1) is 22.7 Å². The molecule has 3 heterocycles. The van der Waals surface area contributed by atoms with Crippen molar-refractivity contribution in [2.45, 2.75) is 19.3 Å². The molecular weight excluding hydrogens is 444 g/mol. The lowest BCUT2D eigenvalue weighted by Crippen LogP contribution is -2.35. The normalized spacial score (nSPS) is 12.5. The van der Waals surface area contributed by atoms with Gasteiger partial charge < -0.3 is 11.1 Å². The molecule has 0 aliphatic heterocycles. The number of benzene rings is 1. The maximum absolute atomic E-state index is 13.4.